The highest BCUT2D eigenvalue weighted by Gasteiger charge is 2.32. The van der Waals surface area contributed by atoms with Crippen LogP contribution in [0.1, 0.15) is 19.3 Å². The molecule has 134 valence electrons. The Morgan fingerprint density at radius 1 is 1.29 bits per heavy atom. The Bertz CT molecular complexity index is 498. The van der Waals surface area contributed by atoms with Gasteiger partial charge in [0.05, 0.1) is 19.8 Å². The molecule has 2 atom stereocenters. The fraction of sp³-hybridized carbons (Fsp3) is 0.812. The average Bonchev–Trinajstić information content (AvgIpc) is 3.12. The van der Waals surface area contributed by atoms with E-state index in [-0.39, 0.29) is 17.9 Å². The highest BCUT2D eigenvalue weighted by atomic mass is 16.5. The standard InChI is InChI=1S/C16H26N4O4/c1-19-15(21)3-2-13(18-19)16(22)17-10-14(12-4-7-24-11-12)20-5-8-23-9-6-20/h12,14H,2-11H2,1H3,(H,17,22)/t12-,14-/m1/s1. The topological polar surface area (TPSA) is 83.5 Å². The highest BCUT2D eigenvalue weighted by Crippen LogP contribution is 2.22. The molecule has 3 aliphatic heterocycles. The minimum atomic E-state index is -0.175. The van der Waals surface area contributed by atoms with E-state index in [1.165, 1.54) is 5.01 Å². The summed E-state index contributed by atoms with van der Waals surface area (Å²) < 4.78 is 11.0. The Balaban J connectivity index is 1.59. The molecule has 0 spiro atoms. The van der Waals surface area contributed by atoms with Gasteiger partial charge in [0.15, 0.2) is 0 Å². The summed E-state index contributed by atoms with van der Waals surface area (Å²) in [7, 11) is 1.58. The lowest BCUT2D eigenvalue weighted by Crippen LogP contribution is -2.53. The molecule has 0 saturated carbocycles. The van der Waals surface area contributed by atoms with Crippen molar-refractivity contribution in [3.05, 3.63) is 0 Å². The summed E-state index contributed by atoms with van der Waals surface area (Å²) in [5, 5.41) is 8.35. The zero-order chi connectivity index (χ0) is 16.9. The zero-order valence-electron chi connectivity index (χ0n) is 14.2. The molecule has 2 amide bonds. The molecular formula is C16H26N4O4. The molecule has 24 heavy (non-hydrogen) atoms. The Kier molecular flexibility index (Phi) is 5.80. The minimum absolute atomic E-state index is 0.0548. The number of hydrazone groups is 1. The van der Waals surface area contributed by atoms with E-state index in [4.69, 9.17) is 9.47 Å². The lowest BCUT2D eigenvalue weighted by atomic mass is 9.96. The molecule has 0 aromatic heterocycles. The van der Waals surface area contributed by atoms with Crippen LogP contribution in [0.3, 0.4) is 0 Å². The molecule has 1 N–H and O–H groups in total. The molecular weight excluding hydrogens is 312 g/mol. The van der Waals surface area contributed by atoms with E-state index in [1.807, 2.05) is 0 Å². The van der Waals surface area contributed by atoms with Gasteiger partial charge in [-0.15, -0.1) is 0 Å². The lowest BCUT2D eigenvalue weighted by molar-refractivity contribution is -0.130. The number of nitrogens with one attached hydrogen (secondary N) is 1. The third-order valence-corrected chi connectivity index (χ3v) is 4.96. The van der Waals surface area contributed by atoms with Crippen molar-refractivity contribution in [1.29, 1.82) is 0 Å². The number of nitrogens with zero attached hydrogens (tertiary/aromatic N) is 3. The van der Waals surface area contributed by atoms with Crippen LogP contribution in [-0.2, 0) is 19.1 Å². The number of carbonyl (C=O) groups is 2. The van der Waals surface area contributed by atoms with Gasteiger partial charge < -0.3 is 14.8 Å². The first-order valence-corrected chi connectivity index (χ1v) is 8.67. The molecule has 8 nitrogen and oxygen atoms in total. The van der Waals surface area contributed by atoms with Crippen LogP contribution in [0.5, 0.6) is 0 Å². The van der Waals surface area contributed by atoms with E-state index in [2.05, 4.69) is 15.3 Å². The van der Waals surface area contributed by atoms with Crippen LogP contribution in [0.2, 0.25) is 0 Å². The first-order chi connectivity index (χ1) is 11.6. The number of morpholine rings is 1. The van der Waals surface area contributed by atoms with E-state index < -0.39 is 0 Å². The van der Waals surface area contributed by atoms with Crippen molar-refractivity contribution in [3.8, 4) is 0 Å². The van der Waals surface area contributed by atoms with Gasteiger partial charge in [-0.1, -0.05) is 0 Å². The van der Waals surface area contributed by atoms with Crippen LogP contribution in [0.15, 0.2) is 5.10 Å². The molecule has 0 aromatic carbocycles. The van der Waals surface area contributed by atoms with Gasteiger partial charge >= 0.3 is 0 Å². The lowest BCUT2D eigenvalue weighted by Gasteiger charge is -2.37. The predicted octanol–water partition coefficient (Wildman–Crippen LogP) is -0.552. The van der Waals surface area contributed by atoms with Crippen LogP contribution in [0.25, 0.3) is 0 Å². The normalized spacial score (nSPS) is 27.0. The van der Waals surface area contributed by atoms with Gasteiger partial charge in [-0.3, -0.25) is 14.5 Å². The third-order valence-electron chi connectivity index (χ3n) is 4.96. The molecule has 3 heterocycles. The molecule has 0 unspecified atom stereocenters. The Hall–Kier alpha value is -1.51. The smallest absolute Gasteiger partial charge is 0.267 e. The predicted molar refractivity (Wildman–Crippen MR) is 87.6 cm³/mol. The Morgan fingerprint density at radius 2 is 2.08 bits per heavy atom. The van der Waals surface area contributed by atoms with E-state index in [9.17, 15) is 9.59 Å². The van der Waals surface area contributed by atoms with Gasteiger partial charge in [-0.05, 0) is 6.42 Å². The van der Waals surface area contributed by atoms with Crippen molar-refractivity contribution >= 4 is 17.5 Å². The minimum Gasteiger partial charge on any atom is -0.381 e. The molecule has 8 heteroatoms. The molecule has 0 aromatic rings. The van der Waals surface area contributed by atoms with E-state index in [0.29, 0.717) is 31.0 Å². The first-order valence-electron chi connectivity index (χ1n) is 8.67. The number of hydrogen-bond acceptors (Lipinski definition) is 6. The SMILES string of the molecule is CN1N=C(C(=O)NC[C@H]([C@@H]2CCOC2)N2CCOCC2)CCC1=O. The van der Waals surface area contributed by atoms with E-state index >= 15 is 0 Å². The summed E-state index contributed by atoms with van der Waals surface area (Å²) >= 11 is 0. The van der Waals surface area contributed by atoms with Crippen molar-refractivity contribution in [2.75, 3.05) is 53.1 Å². The maximum atomic E-state index is 12.4. The molecule has 2 saturated heterocycles. The van der Waals surface area contributed by atoms with E-state index in [1.54, 1.807) is 7.05 Å². The fourth-order valence-corrected chi connectivity index (χ4v) is 3.49. The van der Waals surface area contributed by atoms with Gasteiger partial charge in [0.1, 0.15) is 5.71 Å². The van der Waals surface area contributed by atoms with Crippen LogP contribution < -0.4 is 5.32 Å². The Labute approximate surface area is 142 Å². The second kappa shape index (κ2) is 8.04. The molecule has 0 radical (unpaired) electrons. The maximum absolute atomic E-state index is 12.4. The van der Waals surface area contributed by atoms with Crippen molar-refractivity contribution < 1.29 is 19.1 Å². The van der Waals surface area contributed by atoms with Crippen molar-refractivity contribution in [3.63, 3.8) is 0 Å². The monoisotopic (exact) mass is 338 g/mol. The van der Waals surface area contributed by atoms with Gasteiger partial charge in [-0.25, -0.2) is 5.01 Å². The largest absolute Gasteiger partial charge is 0.381 e. The third kappa shape index (κ3) is 4.12. The number of carbonyl (C=O) groups excluding carboxylic acids is 2. The quantitative estimate of drug-likeness (QED) is 0.727. The molecule has 3 rings (SSSR count). The summed E-state index contributed by atoms with van der Waals surface area (Å²) in [4.78, 5) is 26.3. The van der Waals surface area contributed by atoms with Gasteiger partial charge in [0.25, 0.3) is 5.91 Å². The molecule has 3 aliphatic rings. The number of rotatable bonds is 5. The zero-order valence-corrected chi connectivity index (χ0v) is 14.2. The summed E-state index contributed by atoms with van der Waals surface area (Å²) in [6.07, 6.45) is 1.77. The second-order valence-corrected chi connectivity index (χ2v) is 6.51. The Morgan fingerprint density at radius 3 is 2.75 bits per heavy atom. The van der Waals surface area contributed by atoms with Crippen LogP contribution in [0.4, 0.5) is 0 Å². The van der Waals surface area contributed by atoms with Crippen LogP contribution in [-0.4, -0.2) is 86.6 Å². The highest BCUT2D eigenvalue weighted by molar-refractivity contribution is 6.39. The summed E-state index contributed by atoms with van der Waals surface area (Å²) in [6, 6.07) is 0.254. The summed E-state index contributed by atoms with van der Waals surface area (Å²) in [5.41, 5.74) is 0.431. The first kappa shape index (κ1) is 17.3. The van der Waals surface area contributed by atoms with Crippen molar-refractivity contribution in [1.82, 2.24) is 15.2 Å². The van der Waals surface area contributed by atoms with Gasteiger partial charge in [-0.2, -0.15) is 5.10 Å². The van der Waals surface area contributed by atoms with Crippen LogP contribution >= 0.6 is 0 Å². The number of amides is 2. The van der Waals surface area contributed by atoms with Gasteiger partial charge in [0, 0.05) is 58.1 Å². The summed E-state index contributed by atoms with van der Waals surface area (Å²) in [5.74, 6) is 0.202. The van der Waals surface area contributed by atoms with Crippen molar-refractivity contribution in [2.45, 2.75) is 25.3 Å². The molecule has 0 aliphatic carbocycles. The van der Waals surface area contributed by atoms with Gasteiger partial charge in [0.2, 0.25) is 5.91 Å². The second-order valence-electron chi connectivity index (χ2n) is 6.51. The maximum Gasteiger partial charge on any atom is 0.267 e. The number of ether oxygens (including phenoxy) is 2. The molecule has 0 bridgehead atoms. The summed E-state index contributed by atoms with van der Waals surface area (Å²) in [6.45, 7) is 5.35. The number of hydrogen-bond donors (Lipinski definition) is 1. The van der Waals surface area contributed by atoms with Crippen LogP contribution in [0, 0.1) is 5.92 Å². The van der Waals surface area contributed by atoms with E-state index in [0.717, 1.165) is 45.9 Å². The average molecular weight is 338 g/mol. The fourth-order valence-electron chi connectivity index (χ4n) is 3.49. The van der Waals surface area contributed by atoms with Crippen molar-refractivity contribution in [2.24, 2.45) is 11.0 Å². The molecule has 2 fully saturated rings.